The summed E-state index contributed by atoms with van der Waals surface area (Å²) in [6.45, 7) is 2.30. The smallest absolute Gasteiger partial charge is 0.327 e. The van der Waals surface area contributed by atoms with E-state index >= 15 is 0 Å². The van der Waals surface area contributed by atoms with E-state index in [1.165, 1.54) is 18.7 Å². The molecule has 2 atom stereocenters. The highest BCUT2D eigenvalue weighted by Crippen LogP contribution is 2.06. The first-order chi connectivity index (χ1) is 8.97. The molecule has 3 N–H and O–H groups in total. The molecule has 0 bridgehead atoms. The summed E-state index contributed by atoms with van der Waals surface area (Å²) in [4.78, 5) is 21.6. The zero-order chi connectivity index (χ0) is 14.7. The summed E-state index contributed by atoms with van der Waals surface area (Å²) in [6, 6.07) is -0.941. The summed E-state index contributed by atoms with van der Waals surface area (Å²) in [5.74, 6) is -0.939. The van der Waals surface area contributed by atoms with Gasteiger partial charge in [-0.05, 0) is 0 Å². The Morgan fingerprint density at radius 2 is 2.00 bits per heavy atom. The molecule has 112 valence electrons. The Morgan fingerprint density at radius 3 is 2.53 bits per heavy atom. The van der Waals surface area contributed by atoms with Gasteiger partial charge >= 0.3 is 5.97 Å². The van der Waals surface area contributed by atoms with Crippen LogP contribution in [-0.2, 0) is 19.1 Å². The molecule has 0 aliphatic rings. The average Bonchev–Trinajstić information content (AvgIpc) is 2.33. The monoisotopic (exact) mass is 295 g/mol. The third-order valence-corrected chi connectivity index (χ3v) is 3.20. The van der Waals surface area contributed by atoms with Crippen molar-refractivity contribution in [3.8, 4) is 0 Å². The van der Waals surface area contributed by atoms with Gasteiger partial charge in [-0.1, -0.05) is 0 Å². The van der Waals surface area contributed by atoms with Gasteiger partial charge in [-0.15, -0.1) is 0 Å². The second-order valence-corrected chi connectivity index (χ2v) is 4.93. The van der Waals surface area contributed by atoms with Crippen LogP contribution in [0.1, 0.15) is 6.92 Å². The van der Waals surface area contributed by atoms with Gasteiger partial charge in [-0.2, -0.15) is 11.8 Å². The van der Waals surface area contributed by atoms with Gasteiger partial charge in [0.15, 0.2) is 0 Å². The van der Waals surface area contributed by atoms with Crippen LogP contribution in [-0.4, -0.2) is 72.7 Å². The minimum Gasteiger partial charge on any atom is -0.480 e. The van der Waals surface area contributed by atoms with Gasteiger partial charge in [-0.25, -0.2) is 4.79 Å². The van der Waals surface area contributed by atoms with E-state index in [2.05, 4.69) is 5.32 Å². The van der Waals surface area contributed by atoms with E-state index in [-0.39, 0.29) is 12.4 Å². The number of carbonyl (C=O) groups excluding carboxylic acids is 1. The molecule has 0 saturated heterocycles. The summed E-state index contributed by atoms with van der Waals surface area (Å²) in [5, 5.41) is 20.7. The molecule has 8 heteroatoms. The highest BCUT2D eigenvalue weighted by atomic mass is 32.2. The Bertz CT molecular complexity index is 276. The number of carbonyl (C=O) groups is 2. The Balaban J connectivity index is 3.73. The fourth-order valence-electron chi connectivity index (χ4n) is 1.15. The molecule has 0 rings (SSSR count). The average molecular weight is 295 g/mol. The quantitative estimate of drug-likeness (QED) is 0.434. The zero-order valence-electron chi connectivity index (χ0n) is 11.1. The summed E-state index contributed by atoms with van der Waals surface area (Å²) in [6.07, 6.45) is -0.673. The number of aliphatic hydroxyl groups excluding tert-OH is 1. The van der Waals surface area contributed by atoms with Crippen molar-refractivity contribution in [1.82, 2.24) is 5.32 Å². The van der Waals surface area contributed by atoms with Crippen molar-refractivity contribution in [2.24, 2.45) is 0 Å². The van der Waals surface area contributed by atoms with E-state index in [0.717, 1.165) is 0 Å². The standard InChI is InChI=1S/C11H21NO6S/c1-8(13)12-10(11(15)16)7-19-6-9(14)5-18-4-3-17-2/h9-10,14H,3-7H2,1-2H3,(H,12,13)(H,15,16)/t9?,10-/m0/s1. The molecule has 0 heterocycles. The second-order valence-electron chi connectivity index (χ2n) is 3.85. The second kappa shape index (κ2) is 11.0. The molecular formula is C11H21NO6S. The van der Waals surface area contributed by atoms with Gasteiger partial charge in [0.25, 0.3) is 0 Å². The number of carboxylic acids is 1. The molecule has 0 aliphatic carbocycles. The fraction of sp³-hybridized carbons (Fsp3) is 0.818. The zero-order valence-corrected chi connectivity index (χ0v) is 11.9. The fourth-order valence-corrected chi connectivity index (χ4v) is 2.12. The van der Waals surface area contributed by atoms with Gasteiger partial charge in [-0.3, -0.25) is 4.79 Å². The molecule has 1 unspecified atom stereocenters. The number of aliphatic carboxylic acids is 1. The molecule has 0 aromatic carbocycles. The number of aliphatic hydroxyl groups is 1. The first kappa shape index (κ1) is 18.2. The van der Waals surface area contributed by atoms with Crippen LogP contribution in [0.4, 0.5) is 0 Å². The largest absolute Gasteiger partial charge is 0.480 e. The van der Waals surface area contributed by atoms with Crippen LogP contribution in [0.3, 0.4) is 0 Å². The van der Waals surface area contributed by atoms with Crippen LogP contribution in [0.2, 0.25) is 0 Å². The van der Waals surface area contributed by atoms with Crippen molar-refractivity contribution in [3.05, 3.63) is 0 Å². The van der Waals surface area contributed by atoms with Crippen LogP contribution < -0.4 is 5.32 Å². The maximum atomic E-state index is 10.8. The van der Waals surface area contributed by atoms with Crippen LogP contribution >= 0.6 is 11.8 Å². The molecule has 0 aliphatic heterocycles. The normalized spacial score (nSPS) is 13.8. The van der Waals surface area contributed by atoms with Crippen LogP contribution in [0.25, 0.3) is 0 Å². The molecule has 0 aromatic rings. The summed E-state index contributed by atoms with van der Waals surface area (Å²) >= 11 is 1.25. The first-order valence-corrected chi connectivity index (χ1v) is 6.95. The summed E-state index contributed by atoms with van der Waals surface area (Å²) in [5.41, 5.74) is 0. The Labute approximate surface area is 116 Å². The number of nitrogens with one attached hydrogen (secondary N) is 1. The third kappa shape index (κ3) is 10.8. The third-order valence-electron chi connectivity index (χ3n) is 2.01. The van der Waals surface area contributed by atoms with Gasteiger partial charge in [0, 0.05) is 25.5 Å². The van der Waals surface area contributed by atoms with E-state index in [4.69, 9.17) is 14.6 Å². The lowest BCUT2D eigenvalue weighted by Crippen LogP contribution is -2.41. The topological polar surface area (TPSA) is 105 Å². The van der Waals surface area contributed by atoms with Gasteiger partial charge in [0.05, 0.1) is 25.9 Å². The van der Waals surface area contributed by atoms with E-state index in [1.54, 1.807) is 7.11 Å². The van der Waals surface area contributed by atoms with Crippen LogP contribution in [0.5, 0.6) is 0 Å². The van der Waals surface area contributed by atoms with E-state index in [1.807, 2.05) is 0 Å². The van der Waals surface area contributed by atoms with Crippen LogP contribution in [0, 0.1) is 0 Å². The number of thioether (sulfide) groups is 1. The first-order valence-electron chi connectivity index (χ1n) is 5.79. The lowest BCUT2D eigenvalue weighted by atomic mass is 10.3. The van der Waals surface area contributed by atoms with Crippen molar-refractivity contribution in [1.29, 1.82) is 0 Å². The maximum absolute atomic E-state index is 10.8. The SMILES string of the molecule is COCCOCC(O)CSC[C@H](NC(C)=O)C(=O)O. The minimum absolute atomic E-state index is 0.175. The number of hydrogen-bond acceptors (Lipinski definition) is 6. The van der Waals surface area contributed by atoms with Crippen molar-refractivity contribution in [2.45, 2.75) is 19.1 Å². The number of amides is 1. The molecule has 1 amide bonds. The Morgan fingerprint density at radius 1 is 1.32 bits per heavy atom. The number of methoxy groups -OCH3 is 1. The molecule has 0 fully saturated rings. The van der Waals surface area contributed by atoms with Gasteiger partial charge < -0.3 is 25.0 Å². The summed E-state index contributed by atoms with van der Waals surface area (Å²) < 4.78 is 9.91. The Kier molecular flexibility index (Phi) is 10.6. The van der Waals surface area contributed by atoms with E-state index < -0.39 is 24.0 Å². The summed E-state index contributed by atoms with van der Waals surface area (Å²) in [7, 11) is 1.56. The van der Waals surface area contributed by atoms with Gasteiger partial charge in [0.1, 0.15) is 6.04 Å². The molecule has 0 radical (unpaired) electrons. The van der Waals surface area contributed by atoms with Gasteiger partial charge in [0.2, 0.25) is 5.91 Å². The maximum Gasteiger partial charge on any atom is 0.327 e. The molecule has 0 spiro atoms. The lowest BCUT2D eigenvalue weighted by molar-refractivity contribution is -0.140. The number of carboxylic acid groups (broad SMARTS) is 1. The predicted molar refractivity (Wildman–Crippen MR) is 71.3 cm³/mol. The molecule has 7 nitrogen and oxygen atoms in total. The number of rotatable bonds is 11. The van der Waals surface area contributed by atoms with E-state index in [0.29, 0.717) is 19.0 Å². The molecular weight excluding hydrogens is 274 g/mol. The van der Waals surface area contributed by atoms with Crippen LogP contribution in [0.15, 0.2) is 0 Å². The minimum atomic E-state index is -1.09. The van der Waals surface area contributed by atoms with Crippen molar-refractivity contribution in [2.75, 3.05) is 38.4 Å². The lowest BCUT2D eigenvalue weighted by Gasteiger charge is -2.14. The Hall–Kier alpha value is -0.830. The molecule has 0 aromatic heterocycles. The van der Waals surface area contributed by atoms with E-state index in [9.17, 15) is 14.7 Å². The highest BCUT2D eigenvalue weighted by Gasteiger charge is 2.18. The molecule has 19 heavy (non-hydrogen) atoms. The van der Waals surface area contributed by atoms with Crippen molar-refractivity contribution >= 4 is 23.6 Å². The van der Waals surface area contributed by atoms with Crippen molar-refractivity contribution < 1.29 is 29.3 Å². The highest BCUT2D eigenvalue weighted by molar-refractivity contribution is 7.99. The molecule has 0 saturated carbocycles. The number of ether oxygens (including phenoxy) is 2. The number of hydrogen-bond donors (Lipinski definition) is 3. The predicted octanol–water partition coefficient (Wildman–Crippen LogP) is -0.667. The van der Waals surface area contributed by atoms with Crippen molar-refractivity contribution in [3.63, 3.8) is 0 Å².